The van der Waals surface area contributed by atoms with Crippen molar-refractivity contribution in [3.63, 3.8) is 0 Å². The molecule has 0 saturated carbocycles. The molecule has 1 aromatic heterocycles. The van der Waals surface area contributed by atoms with Gasteiger partial charge in [-0.25, -0.2) is 0 Å². The number of benzene rings is 2. The van der Waals surface area contributed by atoms with E-state index in [9.17, 15) is 0 Å². The normalized spacial score (nSPS) is 11.0. The molecular formula is C18H18BrNO. The Morgan fingerprint density at radius 3 is 2.71 bits per heavy atom. The van der Waals surface area contributed by atoms with Crippen molar-refractivity contribution in [2.45, 2.75) is 26.8 Å². The van der Waals surface area contributed by atoms with E-state index in [1.165, 1.54) is 16.5 Å². The van der Waals surface area contributed by atoms with E-state index < -0.39 is 0 Å². The predicted octanol–water partition coefficient (Wildman–Crippen LogP) is 5.68. The fraction of sp³-hybridized carbons (Fsp3) is 0.222. The van der Waals surface area contributed by atoms with Crippen LogP contribution in [0.3, 0.4) is 0 Å². The molecule has 0 spiro atoms. The van der Waals surface area contributed by atoms with E-state index in [4.69, 9.17) is 4.42 Å². The van der Waals surface area contributed by atoms with Crippen molar-refractivity contribution in [3.05, 3.63) is 63.8 Å². The first kappa shape index (κ1) is 14.2. The van der Waals surface area contributed by atoms with Crippen LogP contribution in [-0.2, 0) is 13.0 Å². The summed E-state index contributed by atoms with van der Waals surface area (Å²) < 4.78 is 7.07. The van der Waals surface area contributed by atoms with Crippen LogP contribution in [0.4, 0.5) is 5.69 Å². The monoisotopic (exact) mass is 343 g/mol. The van der Waals surface area contributed by atoms with Crippen LogP contribution in [0, 0.1) is 6.92 Å². The molecule has 0 atom stereocenters. The first-order valence-electron chi connectivity index (χ1n) is 7.19. The maximum absolute atomic E-state index is 5.94. The van der Waals surface area contributed by atoms with Crippen molar-refractivity contribution in [2.75, 3.05) is 5.32 Å². The van der Waals surface area contributed by atoms with Gasteiger partial charge in [0.1, 0.15) is 11.3 Å². The summed E-state index contributed by atoms with van der Waals surface area (Å²) in [7, 11) is 0. The molecule has 0 radical (unpaired) electrons. The summed E-state index contributed by atoms with van der Waals surface area (Å²) in [5, 5.41) is 4.74. The zero-order chi connectivity index (χ0) is 14.8. The number of rotatable bonds is 4. The molecule has 2 nitrogen and oxygen atoms in total. The third-order valence-electron chi connectivity index (χ3n) is 3.83. The fourth-order valence-electron chi connectivity index (χ4n) is 2.61. The molecule has 3 heteroatoms. The van der Waals surface area contributed by atoms with Gasteiger partial charge in [0.25, 0.3) is 0 Å². The Morgan fingerprint density at radius 1 is 1.10 bits per heavy atom. The lowest BCUT2D eigenvalue weighted by molar-refractivity contribution is 0.551. The molecule has 0 amide bonds. The Bertz CT molecular complexity index is 776. The Hall–Kier alpha value is -1.74. The van der Waals surface area contributed by atoms with E-state index in [-0.39, 0.29) is 0 Å². The average molecular weight is 344 g/mol. The number of aryl methyl sites for hydroxylation is 1. The molecule has 0 aliphatic rings. The average Bonchev–Trinajstić information content (AvgIpc) is 2.86. The quantitative estimate of drug-likeness (QED) is 0.659. The van der Waals surface area contributed by atoms with Crippen LogP contribution in [0.1, 0.15) is 23.8 Å². The van der Waals surface area contributed by atoms with Gasteiger partial charge >= 0.3 is 0 Å². The van der Waals surface area contributed by atoms with Gasteiger partial charge in [-0.15, -0.1) is 0 Å². The summed E-state index contributed by atoms with van der Waals surface area (Å²) in [6, 6.07) is 14.4. The molecule has 108 valence electrons. The maximum atomic E-state index is 5.94. The summed E-state index contributed by atoms with van der Waals surface area (Å²) >= 11 is 3.57. The third kappa shape index (κ3) is 2.70. The molecule has 0 bridgehead atoms. The van der Waals surface area contributed by atoms with E-state index in [1.807, 2.05) is 18.2 Å². The Kier molecular flexibility index (Phi) is 4.02. The number of furan rings is 1. The standard InChI is InChI=1S/C18H18BrNO/c1-3-17-14(13-7-4-5-10-18(13)21-17)11-20-16-9-6-8-15(19)12(16)2/h4-10,20H,3,11H2,1-2H3. The second-order valence-corrected chi connectivity index (χ2v) is 5.97. The van der Waals surface area contributed by atoms with Gasteiger partial charge < -0.3 is 9.73 Å². The minimum absolute atomic E-state index is 0.775. The molecule has 21 heavy (non-hydrogen) atoms. The Morgan fingerprint density at radius 2 is 1.90 bits per heavy atom. The molecule has 0 fully saturated rings. The molecule has 3 rings (SSSR count). The number of halogens is 1. The SMILES string of the molecule is CCc1oc2ccccc2c1CNc1cccc(Br)c1C. The van der Waals surface area contributed by atoms with Gasteiger partial charge in [-0.1, -0.05) is 47.1 Å². The lowest BCUT2D eigenvalue weighted by atomic mass is 10.1. The Labute approximate surface area is 133 Å². The van der Waals surface area contributed by atoms with Crippen LogP contribution in [0.2, 0.25) is 0 Å². The lowest BCUT2D eigenvalue weighted by Crippen LogP contribution is -2.02. The third-order valence-corrected chi connectivity index (χ3v) is 4.69. The minimum Gasteiger partial charge on any atom is -0.461 e. The number of para-hydroxylation sites is 1. The van der Waals surface area contributed by atoms with Gasteiger partial charge in [0, 0.05) is 34.1 Å². The topological polar surface area (TPSA) is 25.2 Å². The zero-order valence-electron chi connectivity index (χ0n) is 12.2. The van der Waals surface area contributed by atoms with Gasteiger partial charge in [-0.05, 0) is 30.7 Å². The highest BCUT2D eigenvalue weighted by Crippen LogP contribution is 2.29. The van der Waals surface area contributed by atoms with E-state index in [0.29, 0.717) is 0 Å². The second kappa shape index (κ2) is 5.94. The number of nitrogens with one attached hydrogen (secondary N) is 1. The highest BCUT2D eigenvalue weighted by Gasteiger charge is 2.12. The first-order chi connectivity index (χ1) is 10.2. The van der Waals surface area contributed by atoms with Crippen LogP contribution in [0.5, 0.6) is 0 Å². The van der Waals surface area contributed by atoms with Crippen molar-refractivity contribution < 1.29 is 4.42 Å². The number of hydrogen-bond acceptors (Lipinski definition) is 2. The van der Waals surface area contributed by atoms with Crippen molar-refractivity contribution in [3.8, 4) is 0 Å². The van der Waals surface area contributed by atoms with Gasteiger partial charge in [0.05, 0.1) is 0 Å². The summed E-state index contributed by atoms with van der Waals surface area (Å²) in [5.74, 6) is 1.07. The summed E-state index contributed by atoms with van der Waals surface area (Å²) in [6.45, 7) is 5.02. The highest BCUT2D eigenvalue weighted by molar-refractivity contribution is 9.10. The van der Waals surface area contributed by atoms with Crippen molar-refractivity contribution in [1.29, 1.82) is 0 Å². The lowest BCUT2D eigenvalue weighted by Gasteiger charge is -2.11. The smallest absolute Gasteiger partial charge is 0.134 e. The van der Waals surface area contributed by atoms with Crippen molar-refractivity contribution in [2.24, 2.45) is 0 Å². The van der Waals surface area contributed by atoms with Crippen molar-refractivity contribution in [1.82, 2.24) is 0 Å². The maximum Gasteiger partial charge on any atom is 0.134 e. The van der Waals surface area contributed by atoms with E-state index in [2.05, 4.69) is 59.4 Å². The highest BCUT2D eigenvalue weighted by atomic mass is 79.9. The Balaban J connectivity index is 1.93. The molecule has 1 N–H and O–H groups in total. The van der Waals surface area contributed by atoms with E-state index >= 15 is 0 Å². The predicted molar refractivity (Wildman–Crippen MR) is 91.8 cm³/mol. The van der Waals surface area contributed by atoms with Gasteiger partial charge in [-0.3, -0.25) is 0 Å². The second-order valence-electron chi connectivity index (χ2n) is 5.12. The summed E-state index contributed by atoms with van der Waals surface area (Å²) in [6.07, 6.45) is 0.906. The number of hydrogen-bond donors (Lipinski definition) is 1. The zero-order valence-corrected chi connectivity index (χ0v) is 13.8. The molecular weight excluding hydrogens is 326 g/mol. The summed E-state index contributed by atoms with van der Waals surface area (Å²) in [4.78, 5) is 0. The molecule has 0 aliphatic heterocycles. The van der Waals surface area contributed by atoms with Crippen LogP contribution >= 0.6 is 15.9 Å². The largest absolute Gasteiger partial charge is 0.461 e. The molecule has 0 aliphatic carbocycles. The molecule has 2 aromatic carbocycles. The molecule has 3 aromatic rings. The number of anilines is 1. The molecule has 0 unspecified atom stereocenters. The minimum atomic E-state index is 0.775. The van der Waals surface area contributed by atoms with E-state index in [0.717, 1.165) is 34.5 Å². The van der Waals surface area contributed by atoms with Gasteiger partial charge in [-0.2, -0.15) is 0 Å². The van der Waals surface area contributed by atoms with Crippen LogP contribution in [-0.4, -0.2) is 0 Å². The van der Waals surface area contributed by atoms with Crippen molar-refractivity contribution >= 4 is 32.6 Å². The van der Waals surface area contributed by atoms with Crippen LogP contribution < -0.4 is 5.32 Å². The first-order valence-corrected chi connectivity index (χ1v) is 7.98. The van der Waals surface area contributed by atoms with Gasteiger partial charge in [0.15, 0.2) is 0 Å². The molecule has 1 heterocycles. The summed E-state index contributed by atoms with van der Waals surface area (Å²) in [5.41, 5.74) is 4.60. The van der Waals surface area contributed by atoms with Crippen LogP contribution in [0.15, 0.2) is 51.4 Å². The molecule has 0 saturated heterocycles. The van der Waals surface area contributed by atoms with E-state index in [1.54, 1.807) is 0 Å². The van der Waals surface area contributed by atoms with Crippen LogP contribution in [0.25, 0.3) is 11.0 Å². The fourth-order valence-corrected chi connectivity index (χ4v) is 2.98. The van der Waals surface area contributed by atoms with Gasteiger partial charge in [0.2, 0.25) is 0 Å². The number of fused-ring (bicyclic) bond motifs is 1.